The number of para-hydroxylation sites is 2. The summed E-state index contributed by atoms with van der Waals surface area (Å²) in [4.78, 5) is 0. The molecule has 2 N–H and O–H groups in total. The van der Waals surface area contributed by atoms with E-state index in [0.29, 0.717) is 6.61 Å². The van der Waals surface area contributed by atoms with Gasteiger partial charge in [-0.3, -0.25) is 0 Å². The van der Waals surface area contributed by atoms with Gasteiger partial charge in [0.2, 0.25) is 0 Å². The van der Waals surface area contributed by atoms with Gasteiger partial charge in [-0.2, -0.15) is 0 Å². The Balaban J connectivity index is 1.44. The molecule has 122 valence electrons. The molecule has 4 rings (SSSR count). The maximum atomic E-state index is 5.84. The minimum Gasteiger partial charge on any atom is -0.489 e. The summed E-state index contributed by atoms with van der Waals surface area (Å²) in [6.45, 7) is 3.77. The Hall–Kier alpha value is -2.52. The molecule has 0 amide bonds. The van der Waals surface area contributed by atoms with Gasteiger partial charge in [-0.15, -0.1) is 0 Å². The third kappa shape index (κ3) is 2.95. The smallest absolute Gasteiger partial charge is 0.142 e. The van der Waals surface area contributed by atoms with Crippen LogP contribution in [0.25, 0.3) is 10.8 Å². The van der Waals surface area contributed by atoms with Crippen LogP contribution in [0.1, 0.15) is 18.5 Å². The lowest BCUT2D eigenvalue weighted by Gasteiger charge is -2.29. The number of ether oxygens (including phenoxy) is 1. The first-order valence-electron chi connectivity index (χ1n) is 8.50. The Morgan fingerprint density at radius 3 is 2.79 bits per heavy atom. The van der Waals surface area contributed by atoms with Gasteiger partial charge < -0.3 is 15.4 Å². The molecule has 2 atom stereocenters. The van der Waals surface area contributed by atoms with E-state index in [-0.39, 0.29) is 12.1 Å². The van der Waals surface area contributed by atoms with Crippen LogP contribution in [0.2, 0.25) is 0 Å². The van der Waals surface area contributed by atoms with Crippen molar-refractivity contribution in [1.29, 1.82) is 0 Å². The number of hydrogen-bond acceptors (Lipinski definition) is 3. The Kier molecular flexibility index (Phi) is 4.09. The van der Waals surface area contributed by atoms with Gasteiger partial charge in [0.15, 0.2) is 0 Å². The van der Waals surface area contributed by atoms with E-state index in [1.807, 2.05) is 18.2 Å². The van der Waals surface area contributed by atoms with Crippen molar-refractivity contribution >= 4 is 16.5 Å². The van der Waals surface area contributed by atoms with E-state index in [1.54, 1.807) is 0 Å². The molecular formula is C21H22N2O. The SMILES string of the molecule is C[C@@H](NCC1COc2ccccc2N1)c1cccc2ccccc12. The molecule has 0 aliphatic carbocycles. The number of nitrogens with one attached hydrogen (secondary N) is 2. The standard InChI is InChI=1S/C21H22N2O/c1-15(18-10-6-8-16-7-2-3-9-19(16)18)22-13-17-14-24-21-12-5-4-11-20(21)23-17/h2-12,15,17,22-23H,13-14H2,1H3/t15-,17?/m1/s1. The molecule has 0 fully saturated rings. The second kappa shape index (κ2) is 6.54. The molecule has 0 spiro atoms. The van der Waals surface area contributed by atoms with Crippen LogP contribution in [-0.4, -0.2) is 19.2 Å². The summed E-state index contributed by atoms with van der Waals surface area (Å²) >= 11 is 0. The fourth-order valence-corrected chi connectivity index (χ4v) is 3.33. The van der Waals surface area contributed by atoms with E-state index in [1.165, 1.54) is 16.3 Å². The molecule has 0 saturated heterocycles. The molecule has 3 heteroatoms. The van der Waals surface area contributed by atoms with E-state index >= 15 is 0 Å². The molecule has 1 unspecified atom stereocenters. The van der Waals surface area contributed by atoms with Crippen molar-refractivity contribution in [3.63, 3.8) is 0 Å². The van der Waals surface area contributed by atoms with Crippen molar-refractivity contribution in [2.24, 2.45) is 0 Å². The number of fused-ring (bicyclic) bond motifs is 2. The van der Waals surface area contributed by atoms with Gasteiger partial charge in [-0.25, -0.2) is 0 Å². The summed E-state index contributed by atoms with van der Waals surface area (Å²) in [5, 5.41) is 9.81. The van der Waals surface area contributed by atoms with Crippen LogP contribution in [0.4, 0.5) is 5.69 Å². The molecule has 3 aromatic carbocycles. The Morgan fingerprint density at radius 2 is 1.83 bits per heavy atom. The van der Waals surface area contributed by atoms with Gasteiger partial charge in [-0.1, -0.05) is 54.6 Å². The van der Waals surface area contributed by atoms with Crippen molar-refractivity contribution < 1.29 is 4.74 Å². The molecule has 0 radical (unpaired) electrons. The van der Waals surface area contributed by atoms with E-state index < -0.39 is 0 Å². The van der Waals surface area contributed by atoms with Crippen LogP contribution in [0.3, 0.4) is 0 Å². The van der Waals surface area contributed by atoms with E-state index in [9.17, 15) is 0 Å². The van der Waals surface area contributed by atoms with Gasteiger partial charge in [0.25, 0.3) is 0 Å². The third-order valence-electron chi connectivity index (χ3n) is 4.65. The van der Waals surface area contributed by atoms with Crippen LogP contribution >= 0.6 is 0 Å². The first-order chi connectivity index (χ1) is 11.8. The van der Waals surface area contributed by atoms with Crippen molar-refractivity contribution in [3.8, 4) is 5.75 Å². The van der Waals surface area contributed by atoms with Crippen LogP contribution in [0.15, 0.2) is 66.7 Å². The monoisotopic (exact) mass is 318 g/mol. The fraction of sp³-hybridized carbons (Fsp3) is 0.238. The minimum absolute atomic E-state index is 0.275. The second-order valence-corrected chi connectivity index (χ2v) is 6.35. The summed E-state index contributed by atoms with van der Waals surface area (Å²) in [6, 6.07) is 23.7. The fourth-order valence-electron chi connectivity index (χ4n) is 3.33. The molecule has 24 heavy (non-hydrogen) atoms. The lowest BCUT2D eigenvalue weighted by Crippen LogP contribution is -2.40. The molecule has 0 saturated carbocycles. The van der Waals surface area contributed by atoms with Crippen molar-refractivity contribution in [1.82, 2.24) is 5.32 Å². The molecule has 3 aromatic rings. The normalized spacial score (nSPS) is 17.6. The maximum absolute atomic E-state index is 5.84. The first kappa shape index (κ1) is 15.0. The van der Waals surface area contributed by atoms with Gasteiger partial charge in [0.05, 0.1) is 11.7 Å². The molecule has 1 heterocycles. The summed E-state index contributed by atoms with van der Waals surface area (Å²) in [5.74, 6) is 0.941. The first-order valence-corrected chi connectivity index (χ1v) is 8.50. The van der Waals surface area contributed by atoms with Gasteiger partial charge in [-0.05, 0) is 35.4 Å². The second-order valence-electron chi connectivity index (χ2n) is 6.35. The predicted molar refractivity (Wildman–Crippen MR) is 99.7 cm³/mol. The van der Waals surface area contributed by atoms with E-state index in [2.05, 4.69) is 66.1 Å². The van der Waals surface area contributed by atoms with Gasteiger partial charge in [0, 0.05) is 12.6 Å². The third-order valence-corrected chi connectivity index (χ3v) is 4.65. The van der Waals surface area contributed by atoms with Crippen molar-refractivity contribution in [3.05, 3.63) is 72.3 Å². The summed E-state index contributed by atoms with van der Waals surface area (Å²) in [6.07, 6.45) is 0. The highest BCUT2D eigenvalue weighted by atomic mass is 16.5. The number of rotatable bonds is 4. The topological polar surface area (TPSA) is 33.3 Å². The molecular weight excluding hydrogens is 296 g/mol. The molecule has 0 aromatic heterocycles. The highest BCUT2D eigenvalue weighted by molar-refractivity contribution is 5.86. The number of hydrogen-bond donors (Lipinski definition) is 2. The molecule has 0 bridgehead atoms. The summed E-state index contributed by atoms with van der Waals surface area (Å²) in [5.41, 5.74) is 2.42. The van der Waals surface area contributed by atoms with Crippen molar-refractivity contribution in [2.75, 3.05) is 18.5 Å². The van der Waals surface area contributed by atoms with Crippen LogP contribution in [-0.2, 0) is 0 Å². The average Bonchev–Trinajstić information content (AvgIpc) is 2.65. The largest absolute Gasteiger partial charge is 0.489 e. The Bertz CT molecular complexity index is 841. The zero-order chi connectivity index (χ0) is 16.4. The lowest BCUT2D eigenvalue weighted by atomic mass is 9.99. The van der Waals surface area contributed by atoms with Gasteiger partial charge in [0.1, 0.15) is 12.4 Å². The molecule has 3 nitrogen and oxygen atoms in total. The molecule has 1 aliphatic heterocycles. The Morgan fingerprint density at radius 1 is 1.04 bits per heavy atom. The summed E-state index contributed by atoms with van der Waals surface area (Å²) < 4.78 is 5.84. The highest BCUT2D eigenvalue weighted by Gasteiger charge is 2.19. The van der Waals surface area contributed by atoms with Crippen LogP contribution in [0.5, 0.6) is 5.75 Å². The summed E-state index contributed by atoms with van der Waals surface area (Å²) in [7, 11) is 0. The highest BCUT2D eigenvalue weighted by Crippen LogP contribution is 2.28. The Labute approximate surface area is 142 Å². The number of anilines is 1. The minimum atomic E-state index is 0.275. The zero-order valence-electron chi connectivity index (χ0n) is 13.8. The number of benzene rings is 3. The average molecular weight is 318 g/mol. The quantitative estimate of drug-likeness (QED) is 0.750. The van der Waals surface area contributed by atoms with Gasteiger partial charge >= 0.3 is 0 Å². The molecule has 1 aliphatic rings. The van der Waals surface area contributed by atoms with E-state index in [0.717, 1.165) is 18.0 Å². The van der Waals surface area contributed by atoms with Crippen LogP contribution in [0, 0.1) is 0 Å². The maximum Gasteiger partial charge on any atom is 0.142 e. The van der Waals surface area contributed by atoms with E-state index in [4.69, 9.17) is 4.74 Å². The van der Waals surface area contributed by atoms with Crippen LogP contribution < -0.4 is 15.4 Å². The predicted octanol–water partition coefficient (Wildman–Crippen LogP) is 4.36. The van der Waals surface area contributed by atoms with Crippen molar-refractivity contribution in [2.45, 2.75) is 19.0 Å². The lowest BCUT2D eigenvalue weighted by molar-refractivity contribution is 0.278. The zero-order valence-corrected chi connectivity index (χ0v) is 13.8.